The number of halogens is 2. The number of nitrogens with zero attached hydrogens (tertiary/aromatic N) is 2. The SMILES string of the molecule is Cc1ccc(S(=O)(=O)N(CC(=O)N(Cc2c(Cl)cccc2Cl)[C@H](Cc2ccccc2)C(=O)NC(C)C)c2ccccc2)cc1. The molecule has 44 heavy (non-hydrogen) atoms. The van der Waals surface area contributed by atoms with Gasteiger partial charge in [-0.3, -0.25) is 13.9 Å². The summed E-state index contributed by atoms with van der Waals surface area (Å²) in [5.41, 5.74) is 2.48. The lowest BCUT2D eigenvalue weighted by Gasteiger charge is -2.34. The van der Waals surface area contributed by atoms with Gasteiger partial charge in [-0.25, -0.2) is 8.42 Å². The third-order valence-electron chi connectivity index (χ3n) is 7.02. The number of amides is 2. The third-order valence-corrected chi connectivity index (χ3v) is 9.52. The van der Waals surface area contributed by atoms with Gasteiger partial charge in [0, 0.05) is 34.6 Å². The molecule has 2 amide bonds. The first kappa shape index (κ1) is 33.1. The minimum Gasteiger partial charge on any atom is -0.352 e. The van der Waals surface area contributed by atoms with Crippen molar-refractivity contribution in [1.29, 1.82) is 0 Å². The number of hydrogen-bond donors (Lipinski definition) is 1. The molecule has 0 heterocycles. The van der Waals surface area contributed by atoms with Crippen LogP contribution in [0.4, 0.5) is 5.69 Å². The molecule has 0 aromatic heterocycles. The Morgan fingerprint density at radius 3 is 1.93 bits per heavy atom. The minimum absolute atomic E-state index is 0.0406. The van der Waals surface area contributed by atoms with Gasteiger partial charge in [0.1, 0.15) is 12.6 Å². The topological polar surface area (TPSA) is 86.8 Å². The van der Waals surface area contributed by atoms with Gasteiger partial charge in [-0.2, -0.15) is 0 Å². The summed E-state index contributed by atoms with van der Waals surface area (Å²) in [5, 5.41) is 3.58. The lowest BCUT2D eigenvalue weighted by molar-refractivity contribution is -0.140. The molecule has 0 aliphatic carbocycles. The van der Waals surface area contributed by atoms with Crippen LogP contribution in [0.1, 0.15) is 30.5 Å². The fourth-order valence-corrected chi connectivity index (χ4v) is 6.68. The molecule has 4 rings (SSSR count). The number of hydrogen-bond acceptors (Lipinski definition) is 4. The summed E-state index contributed by atoms with van der Waals surface area (Å²) >= 11 is 13.1. The molecule has 0 saturated carbocycles. The lowest BCUT2D eigenvalue weighted by Crippen LogP contribution is -2.54. The van der Waals surface area contributed by atoms with E-state index in [1.165, 1.54) is 17.0 Å². The van der Waals surface area contributed by atoms with E-state index >= 15 is 0 Å². The maximum absolute atomic E-state index is 14.5. The van der Waals surface area contributed by atoms with Gasteiger partial charge >= 0.3 is 0 Å². The van der Waals surface area contributed by atoms with Gasteiger partial charge in [0.05, 0.1) is 10.6 Å². The Hall–Kier alpha value is -3.85. The van der Waals surface area contributed by atoms with Crippen LogP contribution in [0.5, 0.6) is 0 Å². The van der Waals surface area contributed by atoms with Crippen molar-refractivity contribution in [2.24, 2.45) is 0 Å². The van der Waals surface area contributed by atoms with Gasteiger partial charge in [0.25, 0.3) is 10.0 Å². The first-order chi connectivity index (χ1) is 21.0. The van der Waals surface area contributed by atoms with E-state index < -0.39 is 28.5 Å². The number of benzene rings is 4. The number of aryl methyl sites for hydroxylation is 1. The van der Waals surface area contributed by atoms with E-state index in [0.717, 1.165) is 15.4 Å². The zero-order valence-electron chi connectivity index (χ0n) is 24.8. The highest BCUT2D eigenvalue weighted by molar-refractivity contribution is 7.92. The predicted octanol–water partition coefficient (Wildman–Crippen LogP) is 6.66. The molecule has 0 aliphatic heterocycles. The maximum atomic E-state index is 14.5. The molecule has 0 spiro atoms. The van der Waals surface area contributed by atoms with E-state index in [2.05, 4.69) is 5.32 Å². The van der Waals surface area contributed by atoms with Crippen molar-refractivity contribution in [3.05, 3.63) is 130 Å². The molecule has 10 heteroatoms. The summed E-state index contributed by atoms with van der Waals surface area (Å²) in [6.45, 7) is 4.84. The van der Waals surface area contributed by atoms with Crippen molar-refractivity contribution in [2.45, 2.75) is 50.7 Å². The molecule has 1 atom stereocenters. The molecule has 0 fully saturated rings. The Kier molecular flexibility index (Phi) is 11.1. The van der Waals surface area contributed by atoms with Gasteiger partial charge in [-0.05, 0) is 62.7 Å². The lowest BCUT2D eigenvalue weighted by atomic mass is 10.0. The predicted molar refractivity (Wildman–Crippen MR) is 176 cm³/mol. The highest BCUT2D eigenvalue weighted by Crippen LogP contribution is 2.29. The average molecular weight is 653 g/mol. The van der Waals surface area contributed by atoms with E-state index in [1.807, 2.05) is 51.1 Å². The molecule has 4 aromatic carbocycles. The summed E-state index contributed by atoms with van der Waals surface area (Å²) in [6, 6.07) is 28.0. The highest BCUT2D eigenvalue weighted by Gasteiger charge is 2.35. The molecule has 0 unspecified atom stereocenters. The fourth-order valence-electron chi connectivity index (χ4n) is 4.75. The van der Waals surface area contributed by atoms with E-state index in [9.17, 15) is 18.0 Å². The van der Waals surface area contributed by atoms with Crippen molar-refractivity contribution in [2.75, 3.05) is 10.8 Å². The fraction of sp³-hybridized carbons (Fsp3) is 0.235. The number of rotatable bonds is 12. The van der Waals surface area contributed by atoms with Crippen molar-refractivity contribution in [1.82, 2.24) is 10.2 Å². The van der Waals surface area contributed by atoms with Crippen LogP contribution in [-0.4, -0.2) is 43.8 Å². The summed E-state index contributed by atoms with van der Waals surface area (Å²) in [6.07, 6.45) is 0.184. The normalized spacial score (nSPS) is 12.0. The zero-order chi connectivity index (χ0) is 31.9. The van der Waals surface area contributed by atoms with Crippen molar-refractivity contribution in [3.63, 3.8) is 0 Å². The summed E-state index contributed by atoms with van der Waals surface area (Å²) in [5.74, 6) is -0.978. The first-order valence-corrected chi connectivity index (χ1v) is 16.4. The van der Waals surface area contributed by atoms with Gasteiger partial charge in [-0.15, -0.1) is 0 Å². The maximum Gasteiger partial charge on any atom is 0.264 e. The Balaban J connectivity index is 1.82. The first-order valence-electron chi connectivity index (χ1n) is 14.2. The number of para-hydroxylation sites is 1. The molecule has 230 valence electrons. The molecule has 0 bridgehead atoms. The van der Waals surface area contributed by atoms with Crippen LogP contribution < -0.4 is 9.62 Å². The van der Waals surface area contributed by atoms with E-state index in [1.54, 1.807) is 60.7 Å². The van der Waals surface area contributed by atoms with Crippen LogP contribution in [0.2, 0.25) is 10.0 Å². The third kappa shape index (κ3) is 8.20. The summed E-state index contributed by atoms with van der Waals surface area (Å²) in [7, 11) is -4.18. The molecular weight excluding hydrogens is 617 g/mol. The average Bonchev–Trinajstić information content (AvgIpc) is 2.99. The van der Waals surface area contributed by atoms with Crippen LogP contribution >= 0.6 is 23.2 Å². The van der Waals surface area contributed by atoms with Gasteiger partial charge < -0.3 is 10.2 Å². The smallest absolute Gasteiger partial charge is 0.264 e. The molecule has 1 N–H and O–H groups in total. The van der Waals surface area contributed by atoms with Crippen LogP contribution in [0.15, 0.2) is 108 Å². The monoisotopic (exact) mass is 651 g/mol. The van der Waals surface area contributed by atoms with Gasteiger partial charge in [0.2, 0.25) is 11.8 Å². The summed E-state index contributed by atoms with van der Waals surface area (Å²) in [4.78, 5) is 29.6. The highest BCUT2D eigenvalue weighted by atomic mass is 35.5. The van der Waals surface area contributed by atoms with E-state index in [4.69, 9.17) is 23.2 Å². The van der Waals surface area contributed by atoms with Crippen molar-refractivity contribution < 1.29 is 18.0 Å². The Morgan fingerprint density at radius 2 is 1.36 bits per heavy atom. The second-order valence-corrected chi connectivity index (χ2v) is 13.4. The number of carbonyl (C=O) groups excluding carboxylic acids is 2. The minimum atomic E-state index is -4.18. The quantitative estimate of drug-likeness (QED) is 0.186. The molecule has 4 aromatic rings. The summed E-state index contributed by atoms with van der Waals surface area (Å²) < 4.78 is 29.2. The zero-order valence-corrected chi connectivity index (χ0v) is 27.1. The largest absolute Gasteiger partial charge is 0.352 e. The standard InChI is InChI=1S/C34H35Cl2N3O4S/c1-24(2)37-34(41)32(21-26-11-6-4-7-12-26)38(22-29-30(35)15-10-16-31(29)36)33(40)23-39(27-13-8-5-9-14-27)44(42,43)28-19-17-25(3)18-20-28/h4-20,24,32H,21-23H2,1-3H3,(H,37,41)/t32-/m1/s1. The van der Waals surface area contributed by atoms with Crippen LogP contribution in [0.3, 0.4) is 0 Å². The van der Waals surface area contributed by atoms with E-state index in [0.29, 0.717) is 21.3 Å². The molecular formula is C34H35Cl2N3O4S. The number of nitrogens with one attached hydrogen (secondary N) is 1. The van der Waals surface area contributed by atoms with Crippen LogP contribution in [-0.2, 0) is 32.6 Å². The van der Waals surface area contributed by atoms with Crippen LogP contribution in [0.25, 0.3) is 0 Å². The molecule has 0 aliphatic rings. The second kappa shape index (κ2) is 14.8. The Labute approximate surface area is 269 Å². The molecule has 7 nitrogen and oxygen atoms in total. The number of anilines is 1. The van der Waals surface area contributed by atoms with Gasteiger partial charge in [-0.1, -0.05) is 95.5 Å². The van der Waals surface area contributed by atoms with Gasteiger partial charge in [0.15, 0.2) is 0 Å². The molecule has 0 saturated heterocycles. The number of sulfonamides is 1. The van der Waals surface area contributed by atoms with Crippen molar-refractivity contribution in [3.8, 4) is 0 Å². The van der Waals surface area contributed by atoms with E-state index in [-0.39, 0.29) is 29.8 Å². The Morgan fingerprint density at radius 1 is 0.795 bits per heavy atom. The van der Waals surface area contributed by atoms with Crippen molar-refractivity contribution >= 4 is 50.7 Å². The van der Waals surface area contributed by atoms with Crippen LogP contribution in [0, 0.1) is 6.92 Å². The Bertz CT molecular complexity index is 1660. The second-order valence-electron chi connectivity index (χ2n) is 10.8. The number of carbonyl (C=O) groups is 2. The molecule has 0 radical (unpaired) electrons.